The monoisotopic (exact) mass is 222 g/mol. The van der Waals surface area contributed by atoms with E-state index in [0.717, 1.165) is 5.56 Å². The summed E-state index contributed by atoms with van der Waals surface area (Å²) in [5.74, 6) is 3.03. The Bertz CT molecular complexity index is 340. The van der Waals surface area contributed by atoms with Gasteiger partial charge >= 0.3 is 0 Å². The van der Waals surface area contributed by atoms with Crippen molar-refractivity contribution in [1.82, 2.24) is 0 Å². The second-order valence-electron chi connectivity index (χ2n) is 3.29. The van der Waals surface area contributed by atoms with E-state index in [0.29, 0.717) is 17.7 Å². The summed E-state index contributed by atoms with van der Waals surface area (Å²) in [6.45, 7) is 0. The molecule has 2 unspecified atom stereocenters. The lowest BCUT2D eigenvalue weighted by molar-refractivity contribution is 0.0172. The Kier molecular flexibility index (Phi) is 4.70. The van der Waals surface area contributed by atoms with E-state index in [1.165, 1.54) is 0 Å². The molecule has 0 aromatic heterocycles. The van der Waals surface area contributed by atoms with E-state index < -0.39 is 12.2 Å². The fourth-order valence-corrected chi connectivity index (χ4v) is 1.55. The highest BCUT2D eigenvalue weighted by Crippen LogP contribution is 2.19. The van der Waals surface area contributed by atoms with Gasteiger partial charge in [-0.25, -0.2) is 0 Å². The largest absolute Gasteiger partial charge is 0.390 e. The smallest absolute Gasteiger partial charge is 0.105 e. The van der Waals surface area contributed by atoms with Gasteiger partial charge in [0.2, 0.25) is 0 Å². The molecule has 1 rings (SSSR count). The molecule has 0 aliphatic carbocycles. The minimum absolute atomic E-state index is 0.459. The zero-order chi connectivity index (χ0) is 11.3. The third kappa shape index (κ3) is 3.28. The summed E-state index contributed by atoms with van der Waals surface area (Å²) in [6, 6.07) is 6.93. The van der Waals surface area contributed by atoms with Crippen LogP contribution in [0.5, 0.6) is 0 Å². The van der Waals surface area contributed by atoms with Crippen LogP contribution in [0.1, 0.15) is 23.7 Å². The Morgan fingerprint density at radius 1 is 1.27 bits per heavy atom. The molecule has 0 spiro atoms. The van der Waals surface area contributed by atoms with E-state index in [2.05, 4.69) is 18.5 Å². The van der Waals surface area contributed by atoms with E-state index in [-0.39, 0.29) is 0 Å². The van der Waals surface area contributed by atoms with Gasteiger partial charge in [0.1, 0.15) is 6.10 Å². The first kappa shape index (κ1) is 12.1. The lowest BCUT2D eigenvalue weighted by Gasteiger charge is -2.17. The Balaban J connectivity index is 2.74. The first-order chi connectivity index (χ1) is 7.19. The molecule has 0 heterocycles. The number of aliphatic hydroxyl groups excluding tert-OH is 2. The maximum absolute atomic E-state index is 9.75. The van der Waals surface area contributed by atoms with Crippen molar-refractivity contribution in [2.24, 2.45) is 0 Å². The number of hydrogen-bond acceptors (Lipinski definition) is 3. The molecule has 2 atom stereocenters. The number of terminal acetylenes is 1. The predicted molar refractivity (Wildman–Crippen MR) is 63.8 cm³/mol. The molecule has 15 heavy (non-hydrogen) atoms. The highest BCUT2D eigenvalue weighted by atomic mass is 32.1. The third-order valence-electron chi connectivity index (χ3n) is 2.21. The van der Waals surface area contributed by atoms with Crippen molar-refractivity contribution in [2.75, 3.05) is 5.75 Å². The molecular formula is C12H14O2S. The molecule has 0 aliphatic rings. The summed E-state index contributed by atoms with van der Waals surface area (Å²) in [5.41, 5.74) is 1.43. The van der Waals surface area contributed by atoms with Gasteiger partial charge in [-0.2, -0.15) is 12.6 Å². The van der Waals surface area contributed by atoms with Crippen LogP contribution < -0.4 is 0 Å². The Hall–Kier alpha value is -0.950. The van der Waals surface area contributed by atoms with Gasteiger partial charge in [0.25, 0.3) is 0 Å². The molecule has 0 radical (unpaired) electrons. The molecule has 1 aromatic carbocycles. The van der Waals surface area contributed by atoms with Crippen LogP contribution in [-0.4, -0.2) is 22.1 Å². The van der Waals surface area contributed by atoms with Crippen LogP contribution in [0.15, 0.2) is 24.3 Å². The lowest BCUT2D eigenvalue weighted by Crippen LogP contribution is -2.18. The van der Waals surface area contributed by atoms with Crippen LogP contribution in [0.3, 0.4) is 0 Å². The first-order valence-electron chi connectivity index (χ1n) is 4.72. The van der Waals surface area contributed by atoms with Gasteiger partial charge in [0.15, 0.2) is 0 Å². The molecule has 0 bridgehead atoms. The van der Waals surface area contributed by atoms with Gasteiger partial charge < -0.3 is 10.2 Å². The molecule has 80 valence electrons. The van der Waals surface area contributed by atoms with Gasteiger partial charge in [-0.05, 0) is 29.9 Å². The van der Waals surface area contributed by atoms with Crippen molar-refractivity contribution in [3.05, 3.63) is 35.4 Å². The number of aliphatic hydroxyl groups is 2. The van der Waals surface area contributed by atoms with Crippen molar-refractivity contribution in [2.45, 2.75) is 18.6 Å². The Morgan fingerprint density at radius 3 is 2.33 bits per heavy atom. The SMILES string of the molecule is C#Cc1ccc(C(O)C(O)CCS)cc1. The van der Waals surface area contributed by atoms with Crippen molar-refractivity contribution in [3.8, 4) is 12.3 Å². The molecule has 0 saturated heterocycles. The van der Waals surface area contributed by atoms with Crippen LogP contribution in [0.2, 0.25) is 0 Å². The summed E-state index contributed by atoms with van der Waals surface area (Å²) in [7, 11) is 0. The molecule has 2 nitrogen and oxygen atoms in total. The number of thiol groups is 1. The van der Waals surface area contributed by atoms with Gasteiger partial charge in [0.05, 0.1) is 6.10 Å². The van der Waals surface area contributed by atoms with Gasteiger partial charge in [-0.15, -0.1) is 6.42 Å². The average Bonchev–Trinajstić information content (AvgIpc) is 2.28. The summed E-state index contributed by atoms with van der Waals surface area (Å²) in [4.78, 5) is 0. The summed E-state index contributed by atoms with van der Waals surface area (Å²) < 4.78 is 0. The minimum Gasteiger partial charge on any atom is -0.390 e. The maximum atomic E-state index is 9.75. The topological polar surface area (TPSA) is 40.5 Å². The predicted octanol–water partition coefficient (Wildman–Crippen LogP) is 1.38. The molecule has 1 aromatic rings. The second kappa shape index (κ2) is 5.82. The van der Waals surface area contributed by atoms with E-state index in [1.807, 2.05) is 0 Å². The molecule has 0 amide bonds. The highest BCUT2D eigenvalue weighted by Gasteiger charge is 2.16. The maximum Gasteiger partial charge on any atom is 0.105 e. The average molecular weight is 222 g/mol. The van der Waals surface area contributed by atoms with Crippen LogP contribution >= 0.6 is 12.6 Å². The van der Waals surface area contributed by atoms with Crippen LogP contribution in [0.25, 0.3) is 0 Å². The van der Waals surface area contributed by atoms with Crippen molar-refractivity contribution >= 4 is 12.6 Å². The molecule has 0 saturated carbocycles. The Labute approximate surface area is 95.4 Å². The van der Waals surface area contributed by atoms with E-state index in [9.17, 15) is 10.2 Å². The zero-order valence-corrected chi connectivity index (χ0v) is 9.19. The summed E-state index contributed by atoms with van der Waals surface area (Å²) in [6.07, 6.45) is 4.02. The number of rotatable bonds is 4. The van der Waals surface area contributed by atoms with E-state index in [4.69, 9.17) is 6.42 Å². The van der Waals surface area contributed by atoms with Gasteiger partial charge in [-0.3, -0.25) is 0 Å². The van der Waals surface area contributed by atoms with Crippen molar-refractivity contribution < 1.29 is 10.2 Å². The van der Waals surface area contributed by atoms with Crippen molar-refractivity contribution in [1.29, 1.82) is 0 Å². The highest BCUT2D eigenvalue weighted by molar-refractivity contribution is 7.80. The van der Waals surface area contributed by atoms with Gasteiger partial charge in [0, 0.05) is 5.56 Å². The van der Waals surface area contributed by atoms with E-state index >= 15 is 0 Å². The molecule has 2 N–H and O–H groups in total. The quantitative estimate of drug-likeness (QED) is 0.532. The second-order valence-corrected chi connectivity index (χ2v) is 3.74. The molecular weight excluding hydrogens is 208 g/mol. The standard InChI is InChI=1S/C12H14O2S/c1-2-9-3-5-10(6-4-9)12(14)11(13)7-8-15/h1,3-6,11-15H,7-8H2. The summed E-state index contributed by atoms with van der Waals surface area (Å²) >= 11 is 4.00. The fourth-order valence-electron chi connectivity index (χ4n) is 1.29. The molecule has 0 fully saturated rings. The van der Waals surface area contributed by atoms with Crippen LogP contribution in [-0.2, 0) is 0 Å². The fraction of sp³-hybridized carbons (Fsp3) is 0.333. The van der Waals surface area contributed by atoms with Crippen molar-refractivity contribution in [3.63, 3.8) is 0 Å². The first-order valence-corrected chi connectivity index (χ1v) is 5.36. The minimum atomic E-state index is -0.871. The lowest BCUT2D eigenvalue weighted by atomic mass is 10.0. The molecule has 0 aliphatic heterocycles. The Morgan fingerprint density at radius 2 is 1.87 bits per heavy atom. The van der Waals surface area contributed by atoms with Crippen LogP contribution in [0, 0.1) is 12.3 Å². The zero-order valence-electron chi connectivity index (χ0n) is 8.30. The van der Waals surface area contributed by atoms with E-state index in [1.54, 1.807) is 24.3 Å². The normalized spacial score (nSPS) is 14.3. The number of hydrogen-bond donors (Lipinski definition) is 3. The van der Waals surface area contributed by atoms with Gasteiger partial charge in [-0.1, -0.05) is 18.1 Å². The summed E-state index contributed by atoms with van der Waals surface area (Å²) in [5, 5.41) is 19.3. The molecule has 3 heteroatoms. The van der Waals surface area contributed by atoms with Crippen LogP contribution in [0.4, 0.5) is 0 Å². The third-order valence-corrected chi connectivity index (χ3v) is 2.47. The number of benzene rings is 1.